The summed E-state index contributed by atoms with van der Waals surface area (Å²) in [6, 6.07) is 14.3. The van der Waals surface area contributed by atoms with E-state index in [1.807, 2.05) is 49.1 Å². The maximum Gasteiger partial charge on any atom is 0.229 e. The number of anilines is 1. The normalized spacial score (nSPS) is 14.3. The molecule has 0 atom stereocenters. The summed E-state index contributed by atoms with van der Waals surface area (Å²) in [7, 11) is 0. The van der Waals surface area contributed by atoms with Gasteiger partial charge in [-0.25, -0.2) is 4.98 Å². The van der Waals surface area contributed by atoms with Gasteiger partial charge in [0.15, 0.2) is 0 Å². The number of hydrogen-bond donors (Lipinski definition) is 0. The number of rotatable bonds is 7. The standard InChI is InChI=1S/C24H29N5O2/c1-18(2)24-26-23(27-31-24)20-11-12-21(25-17-20)28-13-15-29(16-14-28)22(30)10-6-9-19-7-4-3-5-8-19/h3-5,7-8,11-12,17-18H,6,9-10,13-16H2,1-2H3. The van der Waals surface area contributed by atoms with Gasteiger partial charge in [-0.1, -0.05) is 49.3 Å². The van der Waals surface area contributed by atoms with Crippen molar-refractivity contribution in [3.8, 4) is 11.4 Å². The molecule has 1 amide bonds. The zero-order valence-electron chi connectivity index (χ0n) is 18.2. The Bertz CT molecular complexity index is 977. The van der Waals surface area contributed by atoms with Crippen LogP contribution in [0.3, 0.4) is 0 Å². The molecule has 1 aromatic carbocycles. The Balaban J connectivity index is 1.25. The van der Waals surface area contributed by atoms with E-state index < -0.39 is 0 Å². The summed E-state index contributed by atoms with van der Waals surface area (Å²) >= 11 is 0. The first-order valence-corrected chi connectivity index (χ1v) is 11.0. The highest BCUT2D eigenvalue weighted by molar-refractivity contribution is 5.76. The monoisotopic (exact) mass is 419 g/mol. The maximum absolute atomic E-state index is 12.6. The largest absolute Gasteiger partial charge is 0.353 e. The second kappa shape index (κ2) is 9.73. The summed E-state index contributed by atoms with van der Waals surface area (Å²) in [5.74, 6) is 2.55. The lowest BCUT2D eigenvalue weighted by Crippen LogP contribution is -2.49. The van der Waals surface area contributed by atoms with Gasteiger partial charge in [0.05, 0.1) is 0 Å². The molecule has 1 aliphatic rings. The number of amides is 1. The summed E-state index contributed by atoms with van der Waals surface area (Å²) < 4.78 is 5.28. The molecular formula is C24H29N5O2. The van der Waals surface area contributed by atoms with E-state index in [9.17, 15) is 4.79 Å². The third-order valence-electron chi connectivity index (χ3n) is 5.60. The third-order valence-corrected chi connectivity index (χ3v) is 5.60. The minimum atomic E-state index is 0.200. The molecule has 162 valence electrons. The summed E-state index contributed by atoms with van der Waals surface area (Å²) in [5, 5.41) is 4.04. The zero-order valence-corrected chi connectivity index (χ0v) is 18.2. The van der Waals surface area contributed by atoms with E-state index in [2.05, 4.69) is 32.2 Å². The number of aryl methyl sites for hydroxylation is 1. The van der Waals surface area contributed by atoms with E-state index in [0.717, 1.165) is 50.4 Å². The summed E-state index contributed by atoms with van der Waals surface area (Å²) in [6.07, 6.45) is 4.22. The highest BCUT2D eigenvalue weighted by atomic mass is 16.5. The van der Waals surface area contributed by atoms with E-state index in [-0.39, 0.29) is 11.8 Å². The number of nitrogens with zero attached hydrogens (tertiary/aromatic N) is 5. The Morgan fingerprint density at radius 2 is 1.84 bits per heavy atom. The van der Waals surface area contributed by atoms with Crippen molar-refractivity contribution in [1.82, 2.24) is 20.0 Å². The fourth-order valence-corrected chi connectivity index (χ4v) is 3.72. The van der Waals surface area contributed by atoms with Gasteiger partial charge in [-0.15, -0.1) is 0 Å². The molecule has 1 aliphatic heterocycles. The topological polar surface area (TPSA) is 75.4 Å². The molecule has 0 unspecified atom stereocenters. The van der Waals surface area contributed by atoms with Crippen LogP contribution in [0.4, 0.5) is 5.82 Å². The number of piperazine rings is 1. The van der Waals surface area contributed by atoms with Crippen LogP contribution < -0.4 is 4.90 Å². The van der Waals surface area contributed by atoms with Crippen LogP contribution in [0, 0.1) is 0 Å². The Hall–Kier alpha value is -3.22. The fraction of sp³-hybridized carbons (Fsp3) is 0.417. The molecule has 7 nitrogen and oxygen atoms in total. The van der Waals surface area contributed by atoms with Crippen molar-refractivity contribution in [2.24, 2.45) is 0 Å². The third kappa shape index (κ3) is 5.29. The molecule has 0 N–H and O–H groups in total. The number of aromatic nitrogens is 3. The van der Waals surface area contributed by atoms with Gasteiger partial charge in [0.2, 0.25) is 17.6 Å². The highest BCUT2D eigenvalue weighted by Gasteiger charge is 2.22. The molecule has 0 aliphatic carbocycles. The van der Waals surface area contributed by atoms with E-state index in [0.29, 0.717) is 18.1 Å². The van der Waals surface area contributed by atoms with Gasteiger partial charge >= 0.3 is 0 Å². The zero-order chi connectivity index (χ0) is 21.6. The number of benzene rings is 1. The first-order chi connectivity index (χ1) is 15.1. The van der Waals surface area contributed by atoms with Crippen molar-refractivity contribution >= 4 is 11.7 Å². The van der Waals surface area contributed by atoms with Crippen LogP contribution in [0.5, 0.6) is 0 Å². The average Bonchev–Trinajstić information content (AvgIpc) is 3.31. The molecule has 1 saturated heterocycles. The number of carbonyl (C=O) groups excluding carboxylic acids is 1. The number of carbonyl (C=O) groups is 1. The molecule has 0 radical (unpaired) electrons. The second-order valence-corrected chi connectivity index (χ2v) is 8.22. The van der Waals surface area contributed by atoms with E-state index >= 15 is 0 Å². The lowest BCUT2D eigenvalue weighted by atomic mass is 10.1. The smallest absolute Gasteiger partial charge is 0.229 e. The van der Waals surface area contributed by atoms with Crippen LogP contribution >= 0.6 is 0 Å². The summed E-state index contributed by atoms with van der Waals surface area (Å²) in [6.45, 7) is 7.08. The molecule has 1 fully saturated rings. The van der Waals surface area contributed by atoms with Gasteiger partial charge in [0, 0.05) is 50.3 Å². The lowest BCUT2D eigenvalue weighted by Gasteiger charge is -2.35. The van der Waals surface area contributed by atoms with Crippen LogP contribution in [-0.4, -0.2) is 52.1 Å². The van der Waals surface area contributed by atoms with E-state index in [1.54, 1.807) is 6.20 Å². The van der Waals surface area contributed by atoms with Gasteiger partial charge in [-0.05, 0) is 30.5 Å². The van der Waals surface area contributed by atoms with Gasteiger partial charge in [0.25, 0.3) is 0 Å². The van der Waals surface area contributed by atoms with Crippen molar-refractivity contribution < 1.29 is 9.32 Å². The second-order valence-electron chi connectivity index (χ2n) is 8.22. The number of pyridine rings is 1. The summed E-state index contributed by atoms with van der Waals surface area (Å²) in [5.41, 5.74) is 2.13. The fourth-order valence-electron chi connectivity index (χ4n) is 3.72. The van der Waals surface area contributed by atoms with Crippen LogP contribution in [0.2, 0.25) is 0 Å². The summed E-state index contributed by atoms with van der Waals surface area (Å²) in [4.78, 5) is 25.7. The lowest BCUT2D eigenvalue weighted by molar-refractivity contribution is -0.131. The molecule has 4 rings (SSSR count). The minimum Gasteiger partial charge on any atom is -0.353 e. The maximum atomic E-state index is 12.6. The first-order valence-electron chi connectivity index (χ1n) is 11.0. The van der Waals surface area contributed by atoms with Crippen molar-refractivity contribution in [3.05, 3.63) is 60.1 Å². The van der Waals surface area contributed by atoms with Crippen molar-refractivity contribution in [1.29, 1.82) is 0 Å². The van der Waals surface area contributed by atoms with E-state index in [4.69, 9.17) is 4.52 Å². The SMILES string of the molecule is CC(C)c1nc(-c2ccc(N3CCN(C(=O)CCCc4ccccc4)CC3)nc2)no1. The molecule has 7 heteroatoms. The number of hydrogen-bond acceptors (Lipinski definition) is 6. The van der Waals surface area contributed by atoms with Crippen LogP contribution in [0.25, 0.3) is 11.4 Å². The predicted molar refractivity (Wildman–Crippen MR) is 120 cm³/mol. The van der Waals surface area contributed by atoms with Gasteiger partial charge < -0.3 is 14.3 Å². The highest BCUT2D eigenvalue weighted by Crippen LogP contribution is 2.21. The molecule has 0 saturated carbocycles. The molecule has 0 spiro atoms. The Labute approximate surface area is 183 Å². The quantitative estimate of drug-likeness (QED) is 0.578. The van der Waals surface area contributed by atoms with Crippen molar-refractivity contribution in [2.45, 2.75) is 39.0 Å². The Kier molecular flexibility index (Phi) is 6.60. The van der Waals surface area contributed by atoms with Crippen molar-refractivity contribution in [2.75, 3.05) is 31.1 Å². The van der Waals surface area contributed by atoms with Crippen molar-refractivity contribution in [3.63, 3.8) is 0 Å². The van der Waals surface area contributed by atoms with Gasteiger partial charge in [-0.3, -0.25) is 4.79 Å². The first kappa shape index (κ1) is 21.0. The van der Waals surface area contributed by atoms with Crippen LogP contribution in [0.15, 0.2) is 53.2 Å². The Morgan fingerprint density at radius 3 is 2.48 bits per heavy atom. The van der Waals surface area contributed by atoms with Gasteiger partial charge in [0.1, 0.15) is 5.82 Å². The van der Waals surface area contributed by atoms with E-state index in [1.165, 1.54) is 5.56 Å². The van der Waals surface area contributed by atoms with Crippen LogP contribution in [-0.2, 0) is 11.2 Å². The minimum absolute atomic E-state index is 0.200. The Morgan fingerprint density at radius 1 is 1.06 bits per heavy atom. The van der Waals surface area contributed by atoms with Gasteiger partial charge in [-0.2, -0.15) is 4.98 Å². The average molecular weight is 420 g/mol. The molecule has 3 heterocycles. The molecule has 0 bridgehead atoms. The molecule has 31 heavy (non-hydrogen) atoms. The predicted octanol–water partition coefficient (Wildman–Crippen LogP) is 3.93. The molecule has 3 aromatic rings. The molecule has 2 aromatic heterocycles. The molecular weight excluding hydrogens is 390 g/mol. The van der Waals surface area contributed by atoms with Crippen LogP contribution in [0.1, 0.15) is 44.1 Å².